The molecule has 5 atom stereocenters. The molecule has 2 N–H and O–H groups in total. The highest BCUT2D eigenvalue weighted by molar-refractivity contribution is 6.47. The highest BCUT2D eigenvalue weighted by atomic mass is 35.5. The maximum Gasteiger partial charge on any atom is 0.339 e. The molecular formula is C19H20Cl2O7. The molecule has 0 saturated carbocycles. The number of rotatable bonds is 4. The molecule has 1 fully saturated rings. The van der Waals surface area contributed by atoms with Gasteiger partial charge in [-0.05, 0) is 25.0 Å². The van der Waals surface area contributed by atoms with Crippen LogP contribution in [0.15, 0.2) is 33.9 Å². The van der Waals surface area contributed by atoms with Crippen LogP contribution in [0.5, 0.6) is 0 Å². The van der Waals surface area contributed by atoms with Gasteiger partial charge in [-0.3, -0.25) is 4.79 Å². The molecule has 0 unspecified atom stereocenters. The zero-order valence-electron chi connectivity index (χ0n) is 15.3. The molecule has 0 spiro atoms. The Hall–Kier alpha value is -1.67. The molecule has 0 aromatic heterocycles. The predicted molar refractivity (Wildman–Crippen MR) is 99.5 cm³/mol. The number of halogens is 2. The normalized spacial score (nSPS) is 32.0. The van der Waals surface area contributed by atoms with Gasteiger partial charge in [0.25, 0.3) is 0 Å². The Kier molecular flexibility index (Phi) is 5.49. The number of carbonyl (C=O) groups is 3. The largest absolute Gasteiger partial charge is 0.459 e. The zero-order chi connectivity index (χ0) is 21.0. The molecule has 2 aliphatic carbocycles. The summed E-state index contributed by atoms with van der Waals surface area (Å²) >= 11 is 11.8. The fraction of sp³-hybridized carbons (Fsp3) is 0.526. The van der Waals surface area contributed by atoms with E-state index in [2.05, 4.69) is 6.58 Å². The Morgan fingerprint density at radius 1 is 1.43 bits per heavy atom. The summed E-state index contributed by atoms with van der Waals surface area (Å²) in [5.74, 6) is -3.90. The van der Waals surface area contributed by atoms with Crippen LogP contribution in [-0.4, -0.2) is 58.2 Å². The average Bonchev–Trinajstić information content (AvgIpc) is 3.00. The van der Waals surface area contributed by atoms with E-state index >= 15 is 0 Å². The Labute approximate surface area is 171 Å². The summed E-state index contributed by atoms with van der Waals surface area (Å²) in [5, 5.41) is 20.0. The fourth-order valence-electron chi connectivity index (χ4n) is 3.96. The third-order valence-corrected chi connectivity index (χ3v) is 6.53. The van der Waals surface area contributed by atoms with Crippen molar-refractivity contribution in [2.45, 2.75) is 38.1 Å². The number of carbonyl (C=O) groups excluding carboxylic acids is 3. The third kappa shape index (κ3) is 3.10. The van der Waals surface area contributed by atoms with Crippen molar-refractivity contribution in [1.82, 2.24) is 0 Å². The molecule has 0 bridgehead atoms. The van der Waals surface area contributed by atoms with E-state index in [1.165, 1.54) is 6.92 Å². The van der Waals surface area contributed by atoms with Gasteiger partial charge in [0.2, 0.25) is 5.78 Å². The lowest BCUT2D eigenvalue weighted by Crippen LogP contribution is -2.44. The molecule has 1 aliphatic heterocycles. The second-order valence-corrected chi connectivity index (χ2v) is 8.10. The molecule has 1 saturated heterocycles. The number of allylic oxidation sites excluding steroid dienone is 1. The second kappa shape index (κ2) is 7.30. The van der Waals surface area contributed by atoms with Gasteiger partial charge < -0.3 is 19.7 Å². The molecule has 0 aromatic carbocycles. The van der Waals surface area contributed by atoms with Gasteiger partial charge in [0, 0.05) is 23.5 Å². The van der Waals surface area contributed by atoms with E-state index in [9.17, 15) is 24.6 Å². The highest BCUT2D eigenvalue weighted by Gasteiger charge is 2.56. The lowest BCUT2D eigenvalue weighted by molar-refractivity contribution is -0.170. The molecule has 3 rings (SSSR count). The smallest absolute Gasteiger partial charge is 0.339 e. The number of fused-ring (bicyclic) bond motifs is 3. The standard InChI is InChI=1S/C19H20Cl2O7/c1-7-12-13(15(23)14(7)21)9(5-22)4-10(27-18(25)19(3,26)6-20)11-8(2)17(24)28-16(11)12/h10-12,16,22,26H,2,4-6H2,1,3H3/t10-,11-,12+,16+,19+/m1/s1. The van der Waals surface area contributed by atoms with E-state index in [1.54, 1.807) is 6.92 Å². The van der Waals surface area contributed by atoms with E-state index < -0.39 is 59.9 Å². The van der Waals surface area contributed by atoms with Gasteiger partial charge in [-0.1, -0.05) is 18.2 Å². The first-order valence-corrected chi connectivity index (χ1v) is 9.59. The molecular weight excluding hydrogens is 411 g/mol. The zero-order valence-corrected chi connectivity index (χ0v) is 16.8. The van der Waals surface area contributed by atoms with Crippen molar-refractivity contribution in [2.75, 3.05) is 12.5 Å². The minimum absolute atomic E-state index is 0.0266. The van der Waals surface area contributed by atoms with Crippen LogP contribution >= 0.6 is 23.2 Å². The van der Waals surface area contributed by atoms with Gasteiger partial charge >= 0.3 is 11.9 Å². The molecule has 0 radical (unpaired) electrons. The Morgan fingerprint density at radius 3 is 2.64 bits per heavy atom. The number of aliphatic hydroxyl groups is 2. The van der Waals surface area contributed by atoms with Gasteiger partial charge in [-0.2, -0.15) is 0 Å². The van der Waals surface area contributed by atoms with Crippen LogP contribution in [0, 0.1) is 11.8 Å². The fourth-order valence-corrected chi connectivity index (χ4v) is 4.29. The molecule has 7 nitrogen and oxygen atoms in total. The van der Waals surface area contributed by atoms with Crippen LogP contribution in [0.4, 0.5) is 0 Å². The minimum atomic E-state index is -1.94. The lowest BCUT2D eigenvalue weighted by atomic mass is 9.82. The van der Waals surface area contributed by atoms with Crippen LogP contribution < -0.4 is 0 Å². The van der Waals surface area contributed by atoms with Crippen molar-refractivity contribution in [3.05, 3.63) is 33.9 Å². The first-order valence-electron chi connectivity index (χ1n) is 8.68. The van der Waals surface area contributed by atoms with Crippen molar-refractivity contribution in [2.24, 2.45) is 11.8 Å². The van der Waals surface area contributed by atoms with Gasteiger partial charge in [0.05, 0.1) is 23.4 Å². The first-order chi connectivity index (χ1) is 13.0. The number of ketones is 1. The Bertz CT molecular complexity index is 839. The van der Waals surface area contributed by atoms with Crippen molar-refractivity contribution < 1.29 is 34.1 Å². The molecule has 9 heteroatoms. The van der Waals surface area contributed by atoms with E-state index in [4.69, 9.17) is 32.7 Å². The number of alkyl halides is 1. The summed E-state index contributed by atoms with van der Waals surface area (Å²) < 4.78 is 11.0. The van der Waals surface area contributed by atoms with Crippen molar-refractivity contribution in [3.8, 4) is 0 Å². The molecule has 28 heavy (non-hydrogen) atoms. The van der Waals surface area contributed by atoms with Gasteiger partial charge in [0.15, 0.2) is 5.60 Å². The summed E-state index contributed by atoms with van der Waals surface area (Å²) in [4.78, 5) is 37.3. The quantitative estimate of drug-likeness (QED) is 0.393. The minimum Gasteiger partial charge on any atom is -0.459 e. The summed E-state index contributed by atoms with van der Waals surface area (Å²) in [7, 11) is 0. The molecule has 0 aromatic rings. The molecule has 1 heterocycles. The average molecular weight is 431 g/mol. The monoisotopic (exact) mass is 430 g/mol. The topological polar surface area (TPSA) is 110 Å². The second-order valence-electron chi connectivity index (χ2n) is 7.46. The van der Waals surface area contributed by atoms with E-state index in [0.29, 0.717) is 11.1 Å². The van der Waals surface area contributed by atoms with E-state index in [1.807, 2.05) is 0 Å². The van der Waals surface area contributed by atoms with E-state index in [-0.39, 0.29) is 22.6 Å². The lowest BCUT2D eigenvalue weighted by Gasteiger charge is -2.30. The predicted octanol–water partition coefficient (Wildman–Crippen LogP) is 1.39. The number of ether oxygens (including phenoxy) is 2. The van der Waals surface area contributed by atoms with Crippen molar-refractivity contribution in [1.29, 1.82) is 0 Å². The molecule has 152 valence electrons. The number of hydrogen-bond donors (Lipinski definition) is 2. The van der Waals surface area contributed by atoms with Gasteiger partial charge in [-0.15, -0.1) is 11.6 Å². The highest BCUT2D eigenvalue weighted by Crippen LogP contribution is 2.50. The van der Waals surface area contributed by atoms with E-state index in [0.717, 1.165) is 0 Å². The SMILES string of the molecule is C=C1C(=O)O[C@@H]2[C@H]3C(C)=C(Cl)C(=O)C3=C(CO)C[C@@H](OC(=O)[C@@](C)(O)CCl)[C@@H]12. The third-order valence-electron chi connectivity index (χ3n) is 5.54. The number of aliphatic hydroxyl groups excluding tert-OH is 1. The summed E-state index contributed by atoms with van der Waals surface area (Å²) in [5.41, 5.74) is -0.734. The van der Waals surface area contributed by atoms with Crippen molar-refractivity contribution >= 4 is 40.9 Å². The van der Waals surface area contributed by atoms with Crippen LogP contribution in [0.2, 0.25) is 0 Å². The van der Waals surface area contributed by atoms with Crippen molar-refractivity contribution in [3.63, 3.8) is 0 Å². The van der Waals surface area contributed by atoms with Gasteiger partial charge in [0.1, 0.15) is 12.2 Å². The maximum absolute atomic E-state index is 12.7. The molecule has 0 amide bonds. The van der Waals surface area contributed by atoms with Crippen LogP contribution in [0.3, 0.4) is 0 Å². The van der Waals surface area contributed by atoms with Gasteiger partial charge in [-0.25, -0.2) is 9.59 Å². The Morgan fingerprint density at radius 2 is 2.07 bits per heavy atom. The first kappa shape index (κ1) is 21.0. The van der Waals surface area contributed by atoms with Crippen LogP contribution in [0.25, 0.3) is 0 Å². The molecule has 3 aliphatic rings. The number of Topliss-reactive ketones (excluding diaryl/α,β-unsaturated/α-hetero) is 1. The van der Waals surface area contributed by atoms with Crippen LogP contribution in [0.1, 0.15) is 20.3 Å². The summed E-state index contributed by atoms with van der Waals surface area (Å²) in [6, 6.07) is 0. The Balaban J connectivity index is 2.09. The summed E-state index contributed by atoms with van der Waals surface area (Å²) in [6.07, 6.45) is -1.88. The number of esters is 2. The van der Waals surface area contributed by atoms with Crippen LogP contribution in [-0.2, 0) is 23.9 Å². The maximum atomic E-state index is 12.7. The number of hydrogen-bond acceptors (Lipinski definition) is 7. The summed E-state index contributed by atoms with van der Waals surface area (Å²) in [6.45, 7) is 6.16.